The number of rotatable bonds is 4. The van der Waals surface area contributed by atoms with Crippen LogP contribution in [0.2, 0.25) is 0 Å². The predicted molar refractivity (Wildman–Crippen MR) is 76.0 cm³/mol. The molecule has 2 aromatic carbocycles. The van der Waals surface area contributed by atoms with Crippen LogP contribution >= 0.6 is 15.9 Å². The van der Waals surface area contributed by atoms with Crippen LogP contribution in [0.1, 0.15) is 17.2 Å². The van der Waals surface area contributed by atoms with Crippen molar-refractivity contribution in [2.24, 2.45) is 0 Å². The van der Waals surface area contributed by atoms with E-state index in [2.05, 4.69) is 21.2 Å². The molecule has 2 aromatic rings. The Morgan fingerprint density at radius 1 is 1.11 bits per heavy atom. The largest absolute Gasteiger partial charge is 0.313 e. The third-order valence-electron chi connectivity index (χ3n) is 3.04. The fourth-order valence-electron chi connectivity index (χ4n) is 1.98. The second-order valence-electron chi connectivity index (χ2n) is 4.35. The standard InChI is InChI=1S/C15H14BrF2N/c1-19-15(11-3-5-12(17)6-4-11)9-10-2-7-14(18)13(16)8-10/h2-8,15,19H,9H2,1H3. The maximum Gasteiger partial charge on any atom is 0.137 e. The first-order chi connectivity index (χ1) is 9.10. The lowest BCUT2D eigenvalue weighted by molar-refractivity contribution is 0.582. The van der Waals surface area contributed by atoms with Gasteiger partial charge in [-0.3, -0.25) is 0 Å². The summed E-state index contributed by atoms with van der Waals surface area (Å²) in [5.74, 6) is -0.519. The number of halogens is 3. The lowest BCUT2D eigenvalue weighted by Gasteiger charge is -2.17. The summed E-state index contributed by atoms with van der Waals surface area (Å²) >= 11 is 3.18. The minimum absolute atomic E-state index is 0.0676. The van der Waals surface area contributed by atoms with Crippen molar-refractivity contribution in [3.8, 4) is 0 Å². The minimum Gasteiger partial charge on any atom is -0.313 e. The van der Waals surface area contributed by atoms with Crippen molar-refractivity contribution in [1.29, 1.82) is 0 Å². The van der Waals surface area contributed by atoms with Gasteiger partial charge >= 0.3 is 0 Å². The molecule has 0 aliphatic carbocycles. The number of benzene rings is 2. The SMILES string of the molecule is CNC(Cc1ccc(F)c(Br)c1)c1ccc(F)cc1. The third-order valence-corrected chi connectivity index (χ3v) is 3.65. The molecule has 1 atom stereocenters. The molecule has 100 valence electrons. The van der Waals surface area contributed by atoms with Crippen LogP contribution < -0.4 is 5.32 Å². The predicted octanol–water partition coefficient (Wildman–Crippen LogP) is 4.23. The summed E-state index contributed by atoms with van der Waals surface area (Å²) in [6.45, 7) is 0. The summed E-state index contributed by atoms with van der Waals surface area (Å²) in [7, 11) is 1.85. The van der Waals surface area contributed by atoms with E-state index in [1.807, 2.05) is 7.05 Å². The Labute approximate surface area is 119 Å². The van der Waals surface area contributed by atoms with E-state index >= 15 is 0 Å². The van der Waals surface area contributed by atoms with Crippen molar-refractivity contribution in [2.45, 2.75) is 12.5 Å². The second-order valence-corrected chi connectivity index (χ2v) is 5.20. The molecule has 1 N–H and O–H groups in total. The van der Waals surface area contributed by atoms with E-state index < -0.39 is 0 Å². The molecule has 0 bridgehead atoms. The molecule has 1 unspecified atom stereocenters. The first kappa shape index (κ1) is 14.2. The van der Waals surface area contributed by atoms with E-state index in [1.54, 1.807) is 24.3 Å². The number of hydrogen-bond donors (Lipinski definition) is 1. The van der Waals surface area contributed by atoms with Crippen LogP contribution in [-0.2, 0) is 6.42 Å². The Balaban J connectivity index is 2.18. The van der Waals surface area contributed by atoms with Crippen LogP contribution in [0.25, 0.3) is 0 Å². The van der Waals surface area contributed by atoms with Crippen molar-refractivity contribution in [3.05, 3.63) is 69.7 Å². The monoisotopic (exact) mass is 325 g/mol. The van der Waals surface area contributed by atoms with Gasteiger partial charge in [0.05, 0.1) is 4.47 Å². The van der Waals surface area contributed by atoms with Crippen LogP contribution in [-0.4, -0.2) is 7.05 Å². The average Bonchev–Trinajstić information content (AvgIpc) is 2.41. The van der Waals surface area contributed by atoms with Crippen molar-refractivity contribution >= 4 is 15.9 Å². The summed E-state index contributed by atoms with van der Waals surface area (Å²) in [4.78, 5) is 0. The molecule has 0 aliphatic heterocycles. The van der Waals surface area contributed by atoms with Gasteiger partial charge < -0.3 is 5.32 Å². The number of nitrogens with one attached hydrogen (secondary N) is 1. The van der Waals surface area contributed by atoms with Crippen molar-refractivity contribution in [3.63, 3.8) is 0 Å². The van der Waals surface area contributed by atoms with Gasteiger partial charge in [-0.05, 0) is 64.8 Å². The highest BCUT2D eigenvalue weighted by Gasteiger charge is 2.11. The molecule has 0 amide bonds. The van der Waals surface area contributed by atoms with Crippen LogP contribution in [0.4, 0.5) is 8.78 Å². The highest BCUT2D eigenvalue weighted by molar-refractivity contribution is 9.10. The molecule has 0 saturated carbocycles. The fraction of sp³-hybridized carbons (Fsp3) is 0.200. The van der Waals surface area contributed by atoms with E-state index in [4.69, 9.17) is 0 Å². The highest BCUT2D eigenvalue weighted by Crippen LogP contribution is 2.22. The molecule has 0 radical (unpaired) electrons. The Kier molecular flexibility index (Phi) is 4.66. The molecule has 2 rings (SSSR count). The van der Waals surface area contributed by atoms with Gasteiger partial charge in [-0.15, -0.1) is 0 Å². The normalized spacial score (nSPS) is 12.4. The number of likely N-dealkylation sites (N-methyl/N-ethyl adjacent to an activating group) is 1. The first-order valence-corrected chi connectivity index (χ1v) is 6.76. The van der Waals surface area contributed by atoms with Crippen molar-refractivity contribution in [2.75, 3.05) is 7.05 Å². The van der Waals surface area contributed by atoms with Gasteiger partial charge in [-0.1, -0.05) is 18.2 Å². The minimum atomic E-state index is -0.272. The Morgan fingerprint density at radius 3 is 2.37 bits per heavy atom. The summed E-state index contributed by atoms with van der Waals surface area (Å²) in [6.07, 6.45) is 0.709. The zero-order chi connectivity index (χ0) is 13.8. The maximum absolute atomic E-state index is 13.2. The van der Waals surface area contributed by atoms with Crippen LogP contribution in [0, 0.1) is 11.6 Å². The Hall–Kier alpha value is -1.26. The van der Waals surface area contributed by atoms with Gasteiger partial charge in [0.1, 0.15) is 11.6 Å². The summed E-state index contributed by atoms with van der Waals surface area (Å²) in [5.41, 5.74) is 2.02. The van der Waals surface area contributed by atoms with Gasteiger partial charge in [0.25, 0.3) is 0 Å². The molecule has 0 aromatic heterocycles. The summed E-state index contributed by atoms with van der Waals surface area (Å²) in [6, 6.07) is 11.4. The topological polar surface area (TPSA) is 12.0 Å². The molecule has 0 saturated heterocycles. The fourth-order valence-corrected chi connectivity index (χ4v) is 2.41. The van der Waals surface area contributed by atoms with Crippen molar-refractivity contribution < 1.29 is 8.78 Å². The van der Waals surface area contributed by atoms with Gasteiger partial charge in [0.2, 0.25) is 0 Å². The van der Waals surface area contributed by atoms with Gasteiger partial charge in [0, 0.05) is 6.04 Å². The second kappa shape index (κ2) is 6.26. The van der Waals surface area contributed by atoms with E-state index in [-0.39, 0.29) is 17.7 Å². The van der Waals surface area contributed by atoms with Crippen LogP contribution in [0.3, 0.4) is 0 Å². The molecular formula is C15H14BrF2N. The van der Waals surface area contributed by atoms with E-state index in [1.165, 1.54) is 18.2 Å². The van der Waals surface area contributed by atoms with Crippen molar-refractivity contribution in [1.82, 2.24) is 5.32 Å². The molecular weight excluding hydrogens is 312 g/mol. The smallest absolute Gasteiger partial charge is 0.137 e. The summed E-state index contributed by atoms with van der Waals surface area (Å²) < 4.78 is 26.5. The van der Waals surface area contributed by atoms with Crippen LogP contribution in [0.15, 0.2) is 46.9 Å². The first-order valence-electron chi connectivity index (χ1n) is 5.97. The molecule has 0 spiro atoms. The highest BCUT2D eigenvalue weighted by atomic mass is 79.9. The third kappa shape index (κ3) is 3.61. The van der Waals surface area contributed by atoms with Gasteiger partial charge in [-0.25, -0.2) is 8.78 Å². The van der Waals surface area contributed by atoms with E-state index in [0.29, 0.717) is 10.9 Å². The summed E-state index contributed by atoms with van der Waals surface area (Å²) in [5, 5.41) is 3.19. The lowest BCUT2D eigenvalue weighted by Crippen LogP contribution is -2.18. The molecule has 4 heteroatoms. The molecule has 0 aliphatic rings. The van der Waals surface area contributed by atoms with Crippen LogP contribution in [0.5, 0.6) is 0 Å². The maximum atomic E-state index is 13.2. The lowest BCUT2D eigenvalue weighted by atomic mass is 9.99. The van der Waals surface area contributed by atoms with E-state index in [9.17, 15) is 8.78 Å². The zero-order valence-corrected chi connectivity index (χ0v) is 12.0. The number of hydrogen-bond acceptors (Lipinski definition) is 1. The average molecular weight is 326 g/mol. The zero-order valence-electron chi connectivity index (χ0n) is 10.5. The molecule has 19 heavy (non-hydrogen) atoms. The molecule has 0 heterocycles. The van der Waals surface area contributed by atoms with Gasteiger partial charge in [0.15, 0.2) is 0 Å². The molecule has 0 fully saturated rings. The van der Waals surface area contributed by atoms with Gasteiger partial charge in [-0.2, -0.15) is 0 Å². The quantitative estimate of drug-likeness (QED) is 0.887. The molecule has 1 nitrogen and oxygen atoms in total. The van der Waals surface area contributed by atoms with E-state index in [0.717, 1.165) is 11.1 Å². The Morgan fingerprint density at radius 2 is 1.79 bits per heavy atom. The Bertz CT molecular complexity index is 555.